The van der Waals surface area contributed by atoms with E-state index in [1.807, 2.05) is 0 Å². The van der Waals surface area contributed by atoms with Gasteiger partial charge in [-0.1, -0.05) is 41.4 Å². The molecular weight excluding hydrogens is 200 g/mol. The van der Waals surface area contributed by atoms with Crippen LogP contribution in [0.2, 0.25) is 0 Å². The van der Waals surface area contributed by atoms with Crippen molar-refractivity contribution in [3.8, 4) is 0 Å². The van der Waals surface area contributed by atoms with Crippen LogP contribution in [0.3, 0.4) is 0 Å². The first-order valence-corrected chi connectivity index (χ1v) is 4.68. The Balaban J connectivity index is 2.52. The molecule has 0 unspecified atom stereocenters. The molecule has 0 aliphatic heterocycles. The second kappa shape index (κ2) is 4.55. The van der Waals surface area contributed by atoms with Crippen molar-refractivity contribution in [2.45, 2.75) is 19.8 Å². The lowest BCUT2D eigenvalue weighted by Gasteiger charge is -1.98. The zero-order chi connectivity index (χ0) is 8.10. The minimum atomic E-state index is 1.09. The first-order valence-electron chi connectivity index (χ1n) is 3.89. The van der Waals surface area contributed by atoms with Gasteiger partial charge in [-0.05, 0) is 30.5 Å². The lowest BCUT2D eigenvalue weighted by atomic mass is 10.1. The lowest BCUT2D eigenvalue weighted by Crippen LogP contribution is -1.83. The van der Waals surface area contributed by atoms with Gasteiger partial charge in [-0.2, -0.15) is 0 Å². The molecule has 0 fully saturated rings. The van der Waals surface area contributed by atoms with Gasteiger partial charge < -0.3 is 0 Å². The summed E-state index contributed by atoms with van der Waals surface area (Å²) in [7, 11) is 0. The number of halogens is 1. The molecule has 1 radical (unpaired) electrons. The summed E-state index contributed by atoms with van der Waals surface area (Å²) in [5, 5.41) is 0. The molecule has 0 spiro atoms. The summed E-state index contributed by atoms with van der Waals surface area (Å²) in [5.41, 5.74) is 1.38. The standard InChI is InChI=1S/C10H12Br/c1-2-3-4-9-5-7-10(11)8-6-9/h3,5-8H,2,4H2,1H3. The Kier molecular flexibility index (Phi) is 3.64. The van der Waals surface area contributed by atoms with Crippen molar-refractivity contribution in [3.63, 3.8) is 0 Å². The third kappa shape index (κ3) is 3.06. The van der Waals surface area contributed by atoms with Crippen LogP contribution in [0.15, 0.2) is 28.7 Å². The average Bonchev–Trinajstić information content (AvgIpc) is 2.04. The fourth-order valence-corrected chi connectivity index (χ4v) is 1.20. The van der Waals surface area contributed by atoms with E-state index >= 15 is 0 Å². The van der Waals surface area contributed by atoms with E-state index in [4.69, 9.17) is 0 Å². The van der Waals surface area contributed by atoms with Gasteiger partial charge in [0.25, 0.3) is 0 Å². The summed E-state index contributed by atoms with van der Waals surface area (Å²) < 4.78 is 1.15. The van der Waals surface area contributed by atoms with Crippen molar-refractivity contribution < 1.29 is 0 Å². The fourth-order valence-electron chi connectivity index (χ4n) is 0.931. The number of benzene rings is 1. The van der Waals surface area contributed by atoms with Crippen LogP contribution in [0.1, 0.15) is 18.9 Å². The highest BCUT2D eigenvalue weighted by atomic mass is 79.9. The van der Waals surface area contributed by atoms with Gasteiger partial charge in [0, 0.05) is 4.47 Å². The molecule has 0 atom stereocenters. The highest BCUT2D eigenvalue weighted by Crippen LogP contribution is 2.11. The van der Waals surface area contributed by atoms with Crippen LogP contribution in [0, 0.1) is 6.42 Å². The Morgan fingerprint density at radius 2 is 1.91 bits per heavy atom. The minimum absolute atomic E-state index is 1.09. The van der Waals surface area contributed by atoms with Crippen LogP contribution in [0.25, 0.3) is 0 Å². The van der Waals surface area contributed by atoms with E-state index < -0.39 is 0 Å². The van der Waals surface area contributed by atoms with Crippen molar-refractivity contribution in [2.24, 2.45) is 0 Å². The van der Waals surface area contributed by atoms with Gasteiger partial charge in [-0.3, -0.25) is 0 Å². The zero-order valence-electron chi connectivity index (χ0n) is 6.68. The van der Waals surface area contributed by atoms with Gasteiger partial charge in [-0.25, -0.2) is 0 Å². The molecule has 0 bridgehead atoms. The second-order valence-corrected chi connectivity index (χ2v) is 3.44. The van der Waals surface area contributed by atoms with Gasteiger partial charge in [-0.15, -0.1) is 0 Å². The van der Waals surface area contributed by atoms with E-state index in [1.54, 1.807) is 0 Å². The van der Waals surface area contributed by atoms with Gasteiger partial charge in [0.15, 0.2) is 0 Å². The van der Waals surface area contributed by atoms with Crippen LogP contribution in [-0.2, 0) is 6.42 Å². The van der Waals surface area contributed by atoms with Gasteiger partial charge in [0.05, 0.1) is 0 Å². The summed E-state index contributed by atoms with van der Waals surface area (Å²) in [6.07, 6.45) is 4.52. The van der Waals surface area contributed by atoms with Crippen LogP contribution in [0.4, 0.5) is 0 Å². The third-order valence-electron chi connectivity index (χ3n) is 1.58. The molecule has 0 amide bonds. The van der Waals surface area contributed by atoms with E-state index in [2.05, 4.69) is 53.5 Å². The molecular formula is C10H12Br. The molecule has 1 aromatic carbocycles. The molecule has 1 heteroatoms. The van der Waals surface area contributed by atoms with Crippen LogP contribution < -0.4 is 0 Å². The average molecular weight is 212 g/mol. The molecule has 0 aliphatic rings. The molecule has 0 nitrogen and oxygen atoms in total. The summed E-state index contributed by atoms with van der Waals surface area (Å²) in [5.74, 6) is 0. The monoisotopic (exact) mass is 211 g/mol. The van der Waals surface area contributed by atoms with Gasteiger partial charge >= 0.3 is 0 Å². The summed E-state index contributed by atoms with van der Waals surface area (Å²) in [4.78, 5) is 0. The predicted molar refractivity (Wildman–Crippen MR) is 52.4 cm³/mol. The van der Waals surface area contributed by atoms with Crippen molar-refractivity contribution in [1.82, 2.24) is 0 Å². The maximum absolute atomic E-state index is 3.40. The summed E-state index contributed by atoms with van der Waals surface area (Å²) >= 11 is 3.40. The topological polar surface area (TPSA) is 0 Å². The minimum Gasteiger partial charge on any atom is -0.0651 e. The number of rotatable bonds is 3. The Labute approximate surface area is 76.8 Å². The second-order valence-electron chi connectivity index (χ2n) is 2.53. The molecule has 0 aliphatic carbocycles. The van der Waals surface area contributed by atoms with E-state index in [9.17, 15) is 0 Å². The maximum atomic E-state index is 3.40. The van der Waals surface area contributed by atoms with Crippen molar-refractivity contribution >= 4 is 15.9 Å². The normalized spacial score (nSPS) is 10.0. The van der Waals surface area contributed by atoms with Gasteiger partial charge in [0.1, 0.15) is 0 Å². The zero-order valence-corrected chi connectivity index (χ0v) is 8.26. The molecule has 11 heavy (non-hydrogen) atoms. The molecule has 0 heterocycles. The molecule has 1 aromatic rings. The SMILES string of the molecule is CC[CH]Cc1ccc(Br)cc1. The quantitative estimate of drug-likeness (QED) is 0.717. The Hall–Kier alpha value is -0.300. The Morgan fingerprint density at radius 1 is 1.27 bits per heavy atom. The number of unbranched alkanes of at least 4 members (excludes halogenated alkanes) is 1. The fraction of sp³-hybridized carbons (Fsp3) is 0.300. The van der Waals surface area contributed by atoms with E-state index in [0.717, 1.165) is 17.3 Å². The number of hydrogen-bond acceptors (Lipinski definition) is 0. The largest absolute Gasteiger partial charge is 0.0651 e. The van der Waals surface area contributed by atoms with E-state index in [-0.39, 0.29) is 0 Å². The molecule has 1 rings (SSSR count). The van der Waals surface area contributed by atoms with Crippen molar-refractivity contribution in [2.75, 3.05) is 0 Å². The maximum Gasteiger partial charge on any atom is 0.0175 e. The van der Waals surface area contributed by atoms with E-state index in [1.165, 1.54) is 5.56 Å². The molecule has 0 saturated heterocycles. The van der Waals surface area contributed by atoms with Crippen molar-refractivity contribution in [1.29, 1.82) is 0 Å². The smallest absolute Gasteiger partial charge is 0.0175 e. The highest BCUT2D eigenvalue weighted by Gasteiger charge is 1.91. The van der Waals surface area contributed by atoms with Crippen molar-refractivity contribution in [3.05, 3.63) is 40.7 Å². The Bertz CT molecular complexity index is 201. The third-order valence-corrected chi connectivity index (χ3v) is 2.11. The lowest BCUT2D eigenvalue weighted by molar-refractivity contribution is 0.998. The molecule has 0 N–H and O–H groups in total. The molecule has 0 saturated carbocycles. The summed E-state index contributed by atoms with van der Waals surface area (Å²) in [6, 6.07) is 8.46. The Morgan fingerprint density at radius 3 is 2.45 bits per heavy atom. The first kappa shape index (κ1) is 8.79. The predicted octanol–water partition coefficient (Wildman–Crippen LogP) is 3.61. The van der Waals surface area contributed by atoms with Crippen LogP contribution >= 0.6 is 15.9 Å². The van der Waals surface area contributed by atoms with E-state index in [0.29, 0.717) is 0 Å². The molecule has 59 valence electrons. The molecule has 0 aromatic heterocycles. The highest BCUT2D eigenvalue weighted by molar-refractivity contribution is 9.10. The van der Waals surface area contributed by atoms with Crippen LogP contribution in [0.5, 0.6) is 0 Å². The summed E-state index contributed by atoms with van der Waals surface area (Å²) in [6.45, 7) is 2.17. The van der Waals surface area contributed by atoms with Crippen LogP contribution in [-0.4, -0.2) is 0 Å². The first-order chi connectivity index (χ1) is 5.33. The van der Waals surface area contributed by atoms with Gasteiger partial charge in [0.2, 0.25) is 0 Å². The number of hydrogen-bond donors (Lipinski definition) is 0.